The van der Waals surface area contributed by atoms with Crippen molar-refractivity contribution in [3.05, 3.63) is 28.2 Å². The maximum absolute atomic E-state index is 13.7. The van der Waals surface area contributed by atoms with Crippen LogP contribution in [0.3, 0.4) is 0 Å². The predicted octanol–water partition coefficient (Wildman–Crippen LogP) is 4.66. The summed E-state index contributed by atoms with van der Waals surface area (Å²) in [4.78, 5) is 4.52. The van der Waals surface area contributed by atoms with Crippen molar-refractivity contribution >= 4 is 38.6 Å². The summed E-state index contributed by atoms with van der Waals surface area (Å²) in [6.07, 6.45) is 2.08. The van der Waals surface area contributed by atoms with Gasteiger partial charge in [0.2, 0.25) is 0 Å². The summed E-state index contributed by atoms with van der Waals surface area (Å²) in [5.74, 6) is 1.05. The summed E-state index contributed by atoms with van der Waals surface area (Å²) in [6, 6.07) is 3.25. The van der Waals surface area contributed by atoms with Crippen LogP contribution in [0.5, 0.6) is 0 Å². The number of ether oxygens (including phenoxy) is 1. The van der Waals surface area contributed by atoms with Crippen LogP contribution in [0.15, 0.2) is 16.6 Å². The molecule has 2 heterocycles. The molecule has 0 saturated carbocycles. The third-order valence-electron chi connectivity index (χ3n) is 3.96. The van der Waals surface area contributed by atoms with E-state index in [-0.39, 0.29) is 11.2 Å². The van der Waals surface area contributed by atoms with E-state index in [1.165, 1.54) is 6.07 Å². The van der Waals surface area contributed by atoms with Crippen molar-refractivity contribution in [2.45, 2.75) is 31.7 Å². The topological polar surface area (TPSA) is 27.1 Å². The Morgan fingerprint density at radius 1 is 1.48 bits per heavy atom. The van der Waals surface area contributed by atoms with Gasteiger partial charge in [0.25, 0.3) is 0 Å². The van der Waals surface area contributed by atoms with Crippen molar-refractivity contribution in [1.29, 1.82) is 0 Å². The highest BCUT2D eigenvalue weighted by atomic mass is 79.9. The summed E-state index contributed by atoms with van der Waals surface area (Å²) in [5, 5.41) is -0.209. The maximum atomic E-state index is 13.7. The van der Waals surface area contributed by atoms with Crippen molar-refractivity contribution in [1.82, 2.24) is 9.55 Å². The first-order chi connectivity index (χ1) is 10.1. The maximum Gasteiger partial charge on any atom is 0.139 e. The molecule has 1 aromatic heterocycles. The molecule has 1 unspecified atom stereocenters. The molecule has 3 nitrogen and oxygen atoms in total. The smallest absolute Gasteiger partial charge is 0.139 e. The van der Waals surface area contributed by atoms with Crippen LogP contribution in [0, 0.1) is 11.7 Å². The van der Waals surface area contributed by atoms with Crippen LogP contribution in [-0.4, -0.2) is 22.8 Å². The second kappa shape index (κ2) is 6.23. The number of nitrogens with zero attached hydrogens (tertiary/aromatic N) is 2. The van der Waals surface area contributed by atoms with Gasteiger partial charge >= 0.3 is 0 Å². The fourth-order valence-corrected chi connectivity index (χ4v) is 3.32. The molecule has 0 radical (unpaired) electrons. The van der Waals surface area contributed by atoms with Crippen LogP contribution < -0.4 is 0 Å². The van der Waals surface area contributed by atoms with Gasteiger partial charge in [0, 0.05) is 25.8 Å². The number of benzene rings is 1. The minimum atomic E-state index is -0.299. The molecule has 0 spiro atoms. The lowest BCUT2D eigenvalue weighted by molar-refractivity contribution is 0.0613. The van der Waals surface area contributed by atoms with Gasteiger partial charge in [-0.2, -0.15) is 0 Å². The highest BCUT2D eigenvalue weighted by Crippen LogP contribution is 2.30. The predicted molar refractivity (Wildman–Crippen MR) is 85.2 cm³/mol. The first-order valence-corrected chi connectivity index (χ1v) is 8.36. The van der Waals surface area contributed by atoms with Crippen molar-refractivity contribution in [2.75, 3.05) is 13.2 Å². The fourth-order valence-electron chi connectivity index (χ4n) is 2.82. The van der Waals surface area contributed by atoms with Gasteiger partial charge in [0.15, 0.2) is 0 Å². The number of alkyl halides is 1. The molecule has 0 aliphatic carbocycles. The minimum Gasteiger partial charge on any atom is -0.381 e. The van der Waals surface area contributed by atoms with Crippen LogP contribution >= 0.6 is 27.5 Å². The van der Waals surface area contributed by atoms with E-state index < -0.39 is 0 Å². The average molecular weight is 376 g/mol. The van der Waals surface area contributed by atoms with E-state index in [9.17, 15) is 4.39 Å². The van der Waals surface area contributed by atoms with Crippen molar-refractivity contribution in [3.63, 3.8) is 0 Å². The summed E-state index contributed by atoms with van der Waals surface area (Å²) in [7, 11) is 0. The zero-order chi connectivity index (χ0) is 15.0. The molecule has 3 rings (SSSR count). The highest BCUT2D eigenvalue weighted by Gasteiger charge is 2.21. The van der Waals surface area contributed by atoms with Crippen molar-refractivity contribution in [2.24, 2.45) is 5.92 Å². The second-order valence-electron chi connectivity index (χ2n) is 5.51. The number of aromatic nitrogens is 2. The Hall–Kier alpha value is -0.650. The SMILES string of the molecule is CC(Cl)c1nc2cc(F)c(Br)cc2n1CC1CCOCC1. The molecule has 1 atom stereocenters. The molecule has 1 aromatic carbocycles. The zero-order valence-electron chi connectivity index (χ0n) is 11.8. The van der Waals surface area contributed by atoms with Crippen molar-refractivity contribution < 1.29 is 9.13 Å². The summed E-state index contributed by atoms with van der Waals surface area (Å²) >= 11 is 9.52. The van der Waals surface area contributed by atoms with Gasteiger partial charge < -0.3 is 9.30 Å². The van der Waals surface area contributed by atoms with Crippen LogP contribution in [0.4, 0.5) is 4.39 Å². The highest BCUT2D eigenvalue weighted by molar-refractivity contribution is 9.10. The van der Waals surface area contributed by atoms with Gasteiger partial charge in [-0.25, -0.2) is 9.37 Å². The standard InChI is InChI=1S/C15H17BrClFN2O/c1-9(17)15-19-13-7-12(18)11(16)6-14(13)20(15)8-10-2-4-21-5-3-10/h6-7,9-10H,2-5,8H2,1H3. The summed E-state index contributed by atoms with van der Waals surface area (Å²) in [6.45, 7) is 4.36. The van der Waals surface area contributed by atoms with Gasteiger partial charge in [-0.3, -0.25) is 0 Å². The van der Waals surface area contributed by atoms with Crippen LogP contribution in [0.1, 0.15) is 31.0 Å². The number of fused-ring (bicyclic) bond motifs is 1. The molecule has 0 N–H and O–H groups in total. The Morgan fingerprint density at radius 3 is 2.86 bits per heavy atom. The Bertz CT molecular complexity index is 653. The van der Waals surface area contributed by atoms with E-state index in [2.05, 4.69) is 25.5 Å². The number of rotatable bonds is 3. The number of halogens is 3. The molecule has 6 heteroatoms. The largest absolute Gasteiger partial charge is 0.381 e. The van der Waals surface area contributed by atoms with Gasteiger partial charge in [0.05, 0.1) is 20.9 Å². The van der Waals surface area contributed by atoms with Gasteiger partial charge in [-0.1, -0.05) is 0 Å². The third-order valence-corrected chi connectivity index (χ3v) is 4.76. The lowest BCUT2D eigenvalue weighted by atomic mass is 10.0. The molecule has 114 valence electrons. The van der Waals surface area contributed by atoms with E-state index in [1.54, 1.807) is 6.07 Å². The van der Waals surface area contributed by atoms with E-state index in [0.29, 0.717) is 15.9 Å². The minimum absolute atomic E-state index is 0.209. The van der Waals surface area contributed by atoms with Crippen molar-refractivity contribution in [3.8, 4) is 0 Å². The van der Waals surface area contributed by atoms with Crippen LogP contribution in [0.2, 0.25) is 0 Å². The lowest BCUT2D eigenvalue weighted by Gasteiger charge is -2.24. The van der Waals surface area contributed by atoms with E-state index >= 15 is 0 Å². The molecule has 1 aliphatic heterocycles. The summed E-state index contributed by atoms with van der Waals surface area (Å²) < 4.78 is 21.7. The fraction of sp³-hybridized carbons (Fsp3) is 0.533. The van der Waals surface area contributed by atoms with Gasteiger partial charge in [-0.05, 0) is 47.7 Å². The van der Waals surface area contributed by atoms with Gasteiger partial charge in [-0.15, -0.1) is 11.6 Å². The molecular weight excluding hydrogens is 359 g/mol. The first-order valence-electron chi connectivity index (χ1n) is 7.13. The molecule has 21 heavy (non-hydrogen) atoms. The Labute approximate surface area is 136 Å². The molecule has 0 amide bonds. The Kier molecular flexibility index (Phi) is 4.52. The quantitative estimate of drug-likeness (QED) is 0.729. The molecule has 0 bridgehead atoms. The second-order valence-corrected chi connectivity index (χ2v) is 7.02. The first kappa shape index (κ1) is 15.3. The zero-order valence-corrected chi connectivity index (χ0v) is 14.1. The normalized spacial score (nSPS) is 18.3. The average Bonchev–Trinajstić information content (AvgIpc) is 2.79. The Morgan fingerprint density at radius 2 is 2.19 bits per heavy atom. The lowest BCUT2D eigenvalue weighted by Crippen LogP contribution is -2.21. The third kappa shape index (κ3) is 3.10. The molecule has 1 saturated heterocycles. The monoisotopic (exact) mass is 374 g/mol. The van der Waals surface area contributed by atoms with E-state index in [1.807, 2.05) is 6.92 Å². The number of hydrogen-bond donors (Lipinski definition) is 0. The number of hydrogen-bond acceptors (Lipinski definition) is 2. The van der Waals surface area contributed by atoms with Crippen LogP contribution in [0.25, 0.3) is 11.0 Å². The molecule has 1 fully saturated rings. The van der Waals surface area contributed by atoms with E-state index in [4.69, 9.17) is 16.3 Å². The van der Waals surface area contributed by atoms with E-state index in [0.717, 1.165) is 43.9 Å². The molecular formula is C15H17BrClFN2O. The van der Waals surface area contributed by atoms with Gasteiger partial charge in [0.1, 0.15) is 11.6 Å². The molecule has 1 aliphatic rings. The molecule has 2 aromatic rings. The summed E-state index contributed by atoms with van der Waals surface area (Å²) in [5.41, 5.74) is 1.59. The Balaban J connectivity index is 2.04. The van der Waals surface area contributed by atoms with Crippen LogP contribution in [-0.2, 0) is 11.3 Å². The number of imidazole rings is 1.